The predicted octanol–water partition coefficient (Wildman–Crippen LogP) is 3.88. The lowest BCUT2D eigenvalue weighted by atomic mass is 10.2. The van der Waals surface area contributed by atoms with Gasteiger partial charge in [-0.2, -0.15) is 0 Å². The number of rotatable bonds is 2. The van der Waals surface area contributed by atoms with Gasteiger partial charge in [-0.3, -0.25) is 0 Å². The first kappa shape index (κ1) is 12.7. The minimum atomic E-state index is -0.477. The monoisotopic (exact) mass is 292 g/mol. The molecule has 0 spiro atoms. The van der Waals surface area contributed by atoms with Crippen LogP contribution in [0.3, 0.4) is 0 Å². The number of aromatic nitrogens is 1. The van der Waals surface area contributed by atoms with Gasteiger partial charge in [-0.05, 0) is 18.2 Å². The molecule has 3 aromatic rings. The molecule has 0 atom stereocenters. The lowest BCUT2D eigenvalue weighted by molar-refractivity contribution is 0.411. The fraction of sp³-hybridized carbons (Fsp3) is 0.0714. The molecule has 0 unspecified atom stereocenters. The van der Waals surface area contributed by atoms with Gasteiger partial charge in [0.2, 0.25) is 5.89 Å². The van der Waals surface area contributed by atoms with Gasteiger partial charge in [-0.25, -0.2) is 9.37 Å². The molecule has 1 heterocycles. The average Bonchev–Trinajstić information content (AvgIpc) is 2.81. The van der Waals surface area contributed by atoms with Gasteiger partial charge in [0.1, 0.15) is 22.6 Å². The van der Waals surface area contributed by atoms with E-state index in [1.165, 1.54) is 13.2 Å². The Morgan fingerprint density at radius 2 is 2.15 bits per heavy atom. The number of hydrogen-bond acceptors (Lipinski definition) is 4. The van der Waals surface area contributed by atoms with Crippen molar-refractivity contribution in [3.63, 3.8) is 0 Å². The Morgan fingerprint density at radius 1 is 1.35 bits per heavy atom. The first-order valence-electron chi connectivity index (χ1n) is 5.78. The van der Waals surface area contributed by atoms with Crippen LogP contribution in [0.1, 0.15) is 0 Å². The summed E-state index contributed by atoms with van der Waals surface area (Å²) in [4.78, 5) is 4.23. The van der Waals surface area contributed by atoms with Crippen molar-refractivity contribution in [1.29, 1.82) is 0 Å². The lowest BCUT2D eigenvalue weighted by Crippen LogP contribution is -1.91. The van der Waals surface area contributed by atoms with Crippen molar-refractivity contribution in [2.45, 2.75) is 0 Å². The number of halogens is 2. The standard InChI is InChI=1S/C14H10ClFN2O2/c1-19-11-4-2-3-8(16)13(11)14-18-10-5-7(15)9(17)6-12(10)20-14/h2-6H,17H2,1H3. The number of anilines is 1. The summed E-state index contributed by atoms with van der Waals surface area (Å²) >= 11 is 5.93. The van der Waals surface area contributed by atoms with Crippen molar-refractivity contribution < 1.29 is 13.5 Å². The molecule has 6 heteroatoms. The summed E-state index contributed by atoms with van der Waals surface area (Å²) in [5.41, 5.74) is 7.19. The third kappa shape index (κ3) is 1.96. The maximum atomic E-state index is 14.0. The Labute approximate surface area is 118 Å². The summed E-state index contributed by atoms with van der Waals surface area (Å²) < 4.78 is 24.7. The number of oxazole rings is 1. The predicted molar refractivity (Wildman–Crippen MR) is 75.4 cm³/mol. The Bertz CT molecular complexity index is 762. The highest BCUT2D eigenvalue weighted by molar-refractivity contribution is 6.33. The molecule has 2 aromatic carbocycles. The fourth-order valence-electron chi connectivity index (χ4n) is 1.95. The fourth-order valence-corrected chi connectivity index (χ4v) is 2.11. The van der Waals surface area contributed by atoms with Crippen LogP contribution in [0.2, 0.25) is 5.02 Å². The third-order valence-electron chi connectivity index (χ3n) is 2.92. The van der Waals surface area contributed by atoms with Crippen LogP contribution in [0.15, 0.2) is 34.7 Å². The number of fused-ring (bicyclic) bond motifs is 1. The number of benzene rings is 2. The molecule has 0 fully saturated rings. The molecule has 0 bridgehead atoms. The van der Waals surface area contributed by atoms with Gasteiger partial charge >= 0.3 is 0 Å². The van der Waals surface area contributed by atoms with Crippen molar-refractivity contribution in [1.82, 2.24) is 4.98 Å². The minimum absolute atomic E-state index is 0.122. The van der Waals surface area contributed by atoms with Crippen molar-refractivity contribution in [2.24, 2.45) is 0 Å². The SMILES string of the molecule is COc1cccc(F)c1-c1nc2cc(Cl)c(N)cc2o1. The zero-order valence-corrected chi connectivity index (χ0v) is 11.2. The van der Waals surface area contributed by atoms with Crippen LogP contribution in [0, 0.1) is 5.82 Å². The van der Waals surface area contributed by atoms with E-state index in [0.717, 1.165) is 0 Å². The summed E-state index contributed by atoms with van der Waals surface area (Å²) in [6.45, 7) is 0. The number of nitrogens with two attached hydrogens (primary N) is 1. The van der Waals surface area contributed by atoms with Gasteiger partial charge in [-0.15, -0.1) is 0 Å². The van der Waals surface area contributed by atoms with Crippen LogP contribution in [-0.4, -0.2) is 12.1 Å². The third-order valence-corrected chi connectivity index (χ3v) is 3.24. The highest BCUT2D eigenvalue weighted by atomic mass is 35.5. The van der Waals surface area contributed by atoms with Crippen molar-refractivity contribution in [3.05, 3.63) is 41.2 Å². The number of hydrogen-bond donors (Lipinski definition) is 1. The second kappa shape index (κ2) is 4.68. The van der Waals surface area contributed by atoms with Crippen molar-refractivity contribution >= 4 is 28.4 Å². The Kier molecular flexibility index (Phi) is 2.99. The summed E-state index contributed by atoms with van der Waals surface area (Å²) in [5.74, 6) is -0.0118. The van der Waals surface area contributed by atoms with Gasteiger partial charge in [0.05, 0.1) is 17.8 Å². The van der Waals surface area contributed by atoms with E-state index in [0.29, 0.717) is 27.6 Å². The molecule has 3 rings (SSSR count). The molecule has 0 saturated heterocycles. The van der Waals surface area contributed by atoms with Crippen molar-refractivity contribution in [2.75, 3.05) is 12.8 Å². The van der Waals surface area contributed by atoms with Crippen LogP contribution in [0.25, 0.3) is 22.6 Å². The topological polar surface area (TPSA) is 61.3 Å². The van der Waals surface area contributed by atoms with Crippen LogP contribution < -0.4 is 10.5 Å². The second-order valence-corrected chi connectivity index (χ2v) is 4.58. The molecule has 0 aliphatic heterocycles. The van der Waals surface area contributed by atoms with Gasteiger partial charge < -0.3 is 14.9 Å². The number of methoxy groups -OCH3 is 1. The Hall–Kier alpha value is -2.27. The Balaban J connectivity index is 2.25. The summed E-state index contributed by atoms with van der Waals surface area (Å²) in [6.07, 6.45) is 0. The molecule has 0 saturated carbocycles. The molecular formula is C14H10ClFN2O2. The van der Waals surface area contributed by atoms with E-state index in [2.05, 4.69) is 4.98 Å². The molecule has 0 amide bonds. The van der Waals surface area contributed by atoms with E-state index in [-0.39, 0.29) is 11.5 Å². The van der Waals surface area contributed by atoms with Crippen LogP contribution in [0.5, 0.6) is 5.75 Å². The van der Waals surface area contributed by atoms with E-state index >= 15 is 0 Å². The maximum absolute atomic E-state index is 14.0. The smallest absolute Gasteiger partial charge is 0.234 e. The molecule has 0 aliphatic rings. The lowest BCUT2D eigenvalue weighted by Gasteiger charge is -2.05. The molecule has 4 nitrogen and oxygen atoms in total. The van der Waals surface area contributed by atoms with Crippen LogP contribution >= 0.6 is 11.6 Å². The zero-order valence-electron chi connectivity index (χ0n) is 10.5. The first-order valence-corrected chi connectivity index (χ1v) is 6.16. The molecule has 20 heavy (non-hydrogen) atoms. The molecule has 0 aliphatic carbocycles. The molecule has 0 radical (unpaired) electrons. The van der Waals surface area contributed by atoms with Gasteiger partial charge in [0.25, 0.3) is 0 Å². The zero-order chi connectivity index (χ0) is 14.3. The molecular weight excluding hydrogens is 283 g/mol. The second-order valence-electron chi connectivity index (χ2n) is 4.18. The molecule has 1 aromatic heterocycles. The number of nitrogens with zero attached hydrogens (tertiary/aromatic N) is 1. The van der Waals surface area contributed by atoms with E-state index in [4.69, 9.17) is 26.5 Å². The number of nitrogen functional groups attached to an aromatic ring is 1. The summed E-state index contributed by atoms with van der Waals surface area (Å²) in [7, 11) is 1.45. The van der Waals surface area contributed by atoms with Crippen molar-refractivity contribution in [3.8, 4) is 17.2 Å². The maximum Gasteiger partial charge on any atom is 0.234 e. The van der Waals surface area contributed by atoms with E-state index in [1.807, 2.05) is 0 Å². The van der Waals surface area contributed by atoms with E-state index < -0.39 is 5.82 Å². The minimum Gasteiger partial charge on any atom is -0.496 e. The normalized spacial score (nSPS) is 10.9. The summed E-state index contributed by atoms with van der Waals surface area (Å²) in [6, 6.07) is 7.63. The Morgan fingerprint density at radius 3 is 2.90 bits per heavy atom. The highest BCUT2D eigenvalue weighted by Gasteiger charge is 2.18. The largest absolute Gasteiger partial charge is 0.496 e. The molecule has 102 valence electrons. The first-order chi connectivity index (χ1) is 9.60. The van der Waals surface area contributed by atoms with Gasteiger partial charge in [0, 0.05) is 6.07 Å². The van der Waals surface area contributed by atoms with Gasteiger partial charge in [0.15, 0.2) is 5.58 Å². The summed E-state index contributed by atoms with van der Waals surface area (Å²) in [5, 5.41) is 0.373. The van der Waals surface area contributed by atoms with E-state index in [9.17, 15) is 4.39 Å². The highest BCUT2D eigenvalue weighted by Crippen LogP contribution is 2.35. The van der Waals surface area contributed by atoms with Crippen LogP contribution in [-0.2, 0) is 0 Å². The average molecular weight is 293 g/mol. The van der Waals surface area contributed by atoms with E-state index in [1.54, 1.807) is 24.3 Å². The van der Waals surface area contributed by atoms with Gasteiger partial charge in [-0.1, -0.05) is 17.7 Å². The number of ether oxygens (including phenoxy) is 1. The van der Waals surface area contributed by atoms with Crippen LogP contribution in [0.4, 0.5) is 10.1 Å². The molecule has 2 N–H and O–H groups in total. The quantitative estimate of drug-likeness (QED) is 0.728.